The first-order chi connectivity index (χ1) is 18.5. The molecule has 8 nitrogen and oxygen atoms in total. The minimum atomic E-state index is -0.273. The predicted molar refractivity (Wildman–Crippen MR) is 148 cm³/mol. The van der Waals surface area contributed by atoms with Gasteiger partial charge in [-0.2, -0.15) is 11.8 Å². The van der Waals surface area contributed by atoms with E-state index in [1.807, 2.05) is 73.9 Å². The molecule has 3 aromatic rings. The van der Waals surface area contributed by atoms with Gasteiger partial charge in [0.1, 0.15) is 11.5 Å². The van der Waals surface area contributed by atoms with Gasteiger partial charge in [0.25, 0.3) is 0 Å². The van der Waals surface area contributed by atoms with Gasteiger partial charge in [-0.15, -0.1) is 0 Å². The monoisotopic (exact) mass is 531 g/mol. The molecule has 0 saturated carbocycles. The summed E-state index contributed by atoms with van der Waals surface area (Å²) < 4.78 is 5.97. The lowest BCUT2D eigenvalue weighted by Crippen LogP contribution is -2.48. The van der Waals surface area contributed by atoms with Crippen LogP contribution in [-0.4, -0.2) is 55.9 Å². The van der Waals surface area contributed by atoms with Crippen molar-refractivity contribution < 1.29 is 14.3 Å². The van der Waals surface area contributed by atoms with Gasteiger partial charge in [0.15, 0.2) is 0 Å². The van der Waals surface area contributed by atoms with E-state index in [1.54, 1.807) is 11.8 Å². The summed E-state index contributed by atoms with van der Waals surface area (Å²) in [5.41, 5.74) is 2.85. The Balaban J connectivity index is 1.14. The van der Waals surface area contributed by atoms with E-state index < -0.39 is 0 Å². The molecule has 3 atom stereocenters. The zero-order valence-corrected chi connectivity index (χ0v) is 22.3. The number of hydrogen-bond donors (Lipinski definition) is 2. The number of thioether (sulfide) groups is 1. The number of ketones is 1. The van der Waals surface area contributed by atoms with E-state index in [1.165, 1.54) is 0 Å². The molecule has 9 heteroatoms. The molecule has 0 spiro atoms. The van der Waals surface area contributed by atoms with E-state index in [9.17, 15) is 9.59 Å². The number of benzene rings is 1. The maximum Gasteiger partial charge on any atom is 0.315 e. The molecule has 2 N–H and O–H groups in total. The van der Waals surface area contributed by atoms with E-state index in [2.05, 4.69) is 31.6 Å². The normalized spacial score (nSPS) is 22.1. The van der Waals surface area contributed by atoms with Gasteiger partial charge in [-0.05, 0) is 48.9 Å². The Morgan fingerprint density at radius 2 is 1.79 bits per heavy atom. The number of Topliss-reactive ketones (excluding diaryl/α,β-unsaturated/α-hetero) is 1. The van der Waals surface area contributed by atoms with Gasteiger partial charge in [-0.1, -0.05) is 24.3 Å². The topological polar surface area (TPSA) is 96.4 Å². The average Bonchev–Trinajstić information content (AvgIpc) is 3.37. The fourth-order valence-corrected chi connectivity index (χ4v) is 6.74. The number of rotatable bonds is 12. The molecule has 0 bridgehead atoms. The van der Waals surface area contributed by atoms with Crippen LogP contribution in [-0.2, 0) is 24.4 Å². The van der Waals surface area contributed by atoms with Crippen molar-refractivity contribution in [3.63, 3.8) is 0 Å². The SMILES string of the molecule is CC12CSC(CC(=O)CCOc3cccc(CN(Cc4ccccn4)Cc4ccccn4)c3)C1NC(=O)N2. The second-order valence-corrected chi connectivity index (χ2v) is 11.3. The molecule has 4 heterocycles. The summed E-state index contributed by atoms with van der Waals surface area (Å²) in [4.78, 5) is 35.7. The molecular weight excluding hydrogens is 498 g/mol. The number of hydrogen-bond acceptors (Lipinski definition) is 7. The van der Waals surface area contributed by atoms with Crippen LogP contribution in [0.5, 0.6) is 5.75 Å². The molecule has 2 amide bonds. The highest BCUT2D eigenvalue weighted by molar-refractivity contribution is 8.00. The van der Waals surface area contributed by atoms with Gasteiger partial charge < -0.3 is 15.4 Å². The molecule has 2 aromatic heterocycles. The Labute approximate surface area is 227 Å². The molecule has 1 aromatic carbocycles. The van der Waals surface area contributed by atoms with Crippen molar-refractivity contribution >= 4 is 23.6 Å². The quantitative estimate of drug-likeness (QED) is 0.342. The molecule has 2 saturated heterocycles. The van der Waals surface area contributed by atoms with Gasteiger partial charge in [-0.25, -0.2) is 4.79 Å². The van der Waals surface area contributed by atoms with Crippen LogP contribution in [0.4, 0.5) is 4.79 Å². The average molecular weight is 532 g/mol. The van der Waals surface area contributed by atoms with Crippen molar-refractivity contribution in [3.05, 3.63) is 90.0 Å². The summed E-state index contributed by atoms with van der Waals surface area (Å²) >= 11 is 1.75. The highest BCUT2D eigenvalue weighted by Gasteiger charge is 2.52. The van der Waals surface area contributed by atoms with Crippen LogP contribution in [0.25, 0.3) is 0 Å². The third-order valence-corrected chi connectivity index (χ3v) is 8.58. The van der Waals surface area contributed by atoms with Crippen LogP contribution >= 0.6 is 11.8 Å². The van der Waals surface area contributed by atoms with E-state index in [0.29, 0.717) is 39.1 Å². The Bertz CT molecular complexity index is 1200. The first kappa shape index (κ1) is 26.2. The number of fused-ring (bicyclic) bond motifs is 1. The molecule has 3 unspecified atom stereocenters. The van der Waals surface area contributed by atoms with Crippen molar-refractivity contribution in [3.8, 4) is 5.75 Å². The van der Waals surface area contributed by atoms with Crippen LogP contribution in [0, 0.1) is 0 Å². The lowest BCUT2D eigenvalue weighted by Gasteiger charge is -2.23. The summed E-state index contributed by atoms with van der Waals surface area (Å²) in [7, 11) is 0. The maximum absolute atomic E-state index is 12.7. The molecule has 2 fully saturated rings. The van der Waals surface area contributed by atoms with Crippen LogP contribution in [0.1, 0.15) is 36.7 Å². The van der Waals surface area contributed by atoms with Gasteiger partial charge in [0.05, 0.1) is 29.6 Å². The van der Waals surface area contributed by atoms with Crippen LogP contribution in [0.15, 0.2) is 73.1 Å². The number of aromatic nitrogens is 2. The van der Waals surface area contributed by atoms with E-state index in [0.717, 1.165) is 28.5 Å². The second-order valence-electron chi connectivity index (χ2n) is 10.1. The molecule has 0 aliphatic carbocycles. The Morgan fingerprint density at radius 1 is 1.05 bits per heavy atom. The Kier molecular flexibility index (Phi) is 8.24. The molecule has 38 heavy (non-hydrogen) atoms. The van der Waals surface area contributed by atoms with Crippen LogP contribution in [0.3, 0.4) is 0 Å². The van der Waals surface area contributed by atoms with Crippen LogP contribution < -0.4 is 15.4 Å². The number of amides is 2. The summed E-state index contributed by atoms with van der Waals surface area (Å²) in [5, 5.41) is 6.06. The number of ether oxygens (including phenoxy) is 1. The van der Waals surface area contributed by atoms with Gasteiger partial charge >= 0.3 is 6.03 Å². The Morgan fingerprint density at radius 3 is 2.47 bits per heavy atom. The number of nitrogens with zero attached hydrogens (tertiary/aromatic N) is 3. The first-order valence-corrected chi connectivity index (χ1v) is 14.0. The summed E-state index contributed by atoms with van der Waals surface area (Å²) in [6.07, 6.45) is 4.41. The highest BCUT2D eigenvalue weighted by Crippen LogP contribution is 2.39. The van der Waals surface area contributed by atoms with Gasteiger partial charge in [0, 0.05) is 55.9 Å². The van der Waals surface area contributed by atoms with Crippen molar-refractivity contribution in [2.45, 2.75) is 56.2 Å². The lowest BCUT2D eigenvalue weighted by molar-refractivity contribution is -0.119. The minimum absolute atomic E-state index is 0.0123. The van der Waals surface area contributed by atoms with E-state index in [4.69, 9.17) is 4.74 Å². The fraction of sp³-hybridized carbons (Fsp3) is 0.379. The number of urea groups is 1. The van der Waals surface area contributed by atoms with Crippen molar-refractivity contribution in [2.24, 2.45) is 0 Å². The standard InChI is InChI=1S/C29H33N5O3S/c1-29-20-38-26(27(29)32-28(36)33-29)16-24(35)11-14-37-25-10-6-7-21(15-25)17-34(18-22-8-2-4-12-30-22)19-23-9-3-5-13-31-23/h2-10,12-13,15,26-27H,11,14,16-20H2,1H3,(H2,32,33,36). The predicted octanol–water partition coefficient (Wildman–Crippen LogP) is 3.96. The molecule has 2 aliphatic rings. The summed E-state index contributed by atoms with van der Waals surface area (Å²) in [5.74, 6) is 1.72. The molecular formula is C29H33N5O3S. The molecule has 0 radical (unpaired) electrons. The van der Waals surface area contributed by atoms with E-state index >= 15 is 0 Å². The van der Waals surface area contributed by atoms with Crippen molar-refractivity contribution in [1.82, 2.24) is 25.5 Å². The maximum atomic E-state index is 12.7. The Hall–Kier alpha value is -3.43. The van der Waals surface area contributed by atoms with Crippen molar-refractivity contribution in [1.29, 1.82) is 0 Å². The summed E-state index contributed by atoms with van der Waals surface area (Å²) in [6, 6.07) is 19.8. The number of nitrogens with one attached hydrogen (secondary N) is 2. The molecule has 5 rings (SSSR count). The fourth-order valence-electron chi connectivity index (χ4n) is 5.07. The third kappa shape index (κ3) is 6.71. The smallest absolute Gasteiger partial charge is 0.315 e. The number of carbonyl (C=O) groups is 2. The minimum Gasteiger partial charge on any atom is -0.493 e. The number of pyridine rings is 2. The molecule has 198 valence electrons. The second kappa shape index (κ2) is 12.0. The summed E-state index contributed by atoms with van der Waals surface area (Å²) in [6.45, 7) is 4.48. The zero-order chi connectivity index (χ0) is 26.4. The van der Waals surface area contributed by atoms with Crippen molar-refractivity contribution in [2.75, 3.05) is 12.4 Å². The third-order valence-electron chi connectivity index (χ3n) is 6.95. The van der Waals surface area contributed by atoms with Gasteiger partial charge in [0.2, 0.25) is 0 Å². The zero-order valence-electron chi connectivity index (χ0n) is 21.5. The van der Waals surface area contributed by atoms with Gasteiger partial charge in [-0.3, -0.25) is 19.7 Å². The van der Waals surface area contributed by atoms with E-state index in [-0.39, 0.29) is 28.6 Å². The largest absolute Gasteiger partial charge is 0.493 e. The first-order valence-electron chi connectivity index (χ1n) is 12.9. The van der Waals surface area contributed by atoms with Crippen LogP contribution in [0.2, 0.25) is 0 Å². The molecule has 2 aliphatic heterocycles. The highest BCUT2D eigenvalue weighted by atomic mass is 32.2. The number of carbonyl (C=O) groups excluding carboxylic acids is 2. The lowest BCUT2D eigenvalue weighted by atomic mass is 9.92.